The number of benzene rings is 8. The molecule has 0 saturated carbocycles. The summed E-state index contributed by atoms with van der Waals surface area (Å²) in [6.45, 7) is 16.7. The Kier molecular flexibility index (Phi) is 43.0. The van der Waals surface area contributed by atoms with Crippen LogP contribution in [0.1, 0.15) is 173 Å². The summed E-state index contributed by atoms with van der Waals surface area (Å²) >= 11 is 0. The van der Waals surface area contributed by atoms with Crippen molar-refractivity contribution in [2.24, 2.45) is 11.8 Å². The lowest BCUT2D eigenvalue weighted by Crippen LogP contribution is -2.50. The molecule has 8 aromatic carbocycles. The third-order valence-corrected chi connectivity index (χ3v) is 28.4. The van der Waals surface area contributed by atoms with Gasteiger partial charge in [-0.05, 0) is 207 Å². The lowest BCUT2D eigenvalue weighted by Gasteiger charge is -2.24. The molecule has 0 fully saturated rings. The number of hydrogen-bond donors (Lipinski definition) is 14. The molecule has 14 N–H and O–H groups in total. The Hall–Kier alpha value is -13.5. The number of nitrogens with one attached hydrogen (secondary N) is 12. The van der Waals surface area contributed by atoms with E-state index in [1.54, 1.807) is 13.0 Å². The maximum atomic E-state index is 13.6. The summed E-state index contributed by atoms with van der Waals surface area (Å²) < 4.78 is 124. The molecule has 44 heteroatoms. The molecule has 4 aliphatic rings. The number of nitrogens with zero attached hydrogens (tertiary/aromatic N) is 4. The molecule has 4 unspecified atom stereocenters. The summed E-state index contributed by atoms with van der Waals surface area (Å²) in [4.78, 5) is 130. The number of hydrogen-bond acceptors (Lipinski definition) is 26. The quantitative estimate of drug-likeness (QED) is 0.0368. The van der Waals surface area contributed by atoms with Crippen molar-refractivity contribution in [2.45, 2.75) is 136 Å². The van der Waals surface area contributed by atoms with E-state index in [0.717, 1.165) is 64.5 Å². The number of amides is 10. The van der Waals surface area contributed by atoms with Crippen molar-refractivity contribution >= 4 is 122 Å². The number of sulfonamides is 4. The van der Waals surface area contributed by atoms with Gasteiger partial charge in [0.15, 0.2) is 0 Å². The van der Waals surface area contributed by atoms with Crippen LogP contribution in [-0.4, -0.2) is 284 Å². The van der Waals surface area contributed by atoms with Gasteiger partial charge < -0.3 is 93.0 Å². The van der Waals surface area contributed by atoms with E-state index in [1.807, 2.05) is 133 Å². The van der Waals surface area contributed by atoms with Crippen molar-refractivity contribution < 1.29 is 111 Å². The average molecular weight is 2100 g/mol. The summed E-state index contributed by atoms with van der Waals surface area (Å²) in [5, 5.41) is 54.7. The van der Waals surface area contributed by atoms with Crippen LogP contribution in [0.2, 0.25) is 0 Å². The minimum atomic E-state index is -3.66. The van der Waals surface area contributed by atoms with Crippen LogP contribution < -0.4 is 100.0 Å². The van der Waals surface area contributed by atoms with E-state index in [0.29, 0.717) is 113 Å². The predicted molar refractivity (Wildman–Crippen MR) is 559 cm³/mol. The van der Waals surface area contributed by atoms with Gasteiger partial charge in [-0.15, -0.1) is 0 Å². The van der Waals surface area contributed by atoms with Crippen molar-refractivity contribution in [2.75, 3.05) is 156 Å². The highest BCUT2D eigenvalue weighted by Gasteiger charge is 2.31. The molecule has 0 saturated heterocycles. The van der Waals surface area contributed by atoms with Crippen molar-refractivity contribution in [3.63, 3.8) is 0 Å². The number of aliphatic hydroxyl groups is 2. The van der Waals surface area contributed by atoms with Gasteiger partial charge in [-0.1, -0.05) is 90.1 Å². The Morgan fingerprint density at radius 1 is 0.363 bits per heavy atom. The zero-order valence-electron chi connectivity index (χ0n) is 84.8. The molecule has 0 aromatic heterocycles. The first kappa shape index (κ1) is 116. The number of anilines is 4. The Labute approximate surface area is 854 Å². The first-order valence-electron chi connectivity index (χ1n) is 47.8. The third kappa shape index (κ3) is 36.3. The lowest BCUT2D eigenvalue weighted by atomic mass is 10.0. The summed E-state index contributed by atoms with van der Waals surface area (Å²) in [6.07, 6.45) is 7.45. The van der Waals surface area contributed by atoms with E-state index in [9.17, 15) is 91.8 Å². The average Bonchev–Trinajstić information content (AvgIpc) is 0.910. The summed E-state index contributed by atoms with van der Waals surface area (Å²) in [5.74, 6) is -0.893. The first-order chi connectivity index (χ1) is 69.0. The number of carbonyl (C=O) groups excluding carboxylic acids is 10. The third-order valence-electron chi connectivity index (χ3n) is 23.6. The minimum Gasteiger partial charge on any atom is -0.494 e. The fraction of sp³-hybridized carbons (Fsp3) is 0.431. The van der Waals surface area contributed by atoms with Gasteiger partial charge in [0.1, 0.15) is 42.8 Å². The smallest absolute Gasteiger partial charge is 0.251 e. The van der Waals surface area contributed by atoms with Crippen LogP contribution in [0, 0.1) is 11.8 Å². The van der Waals surface area contributed by atoms with Crippen molar-refractivity contribution in [3.05, 3.63) is 237 Å². The standard InChI is InChI=1S/C30H43N5O6S.C29H41N5O6S.C22H27N3O6S.C21H25N3O6S/c1-7-27(30(38)32-16-19(2)3)31-17-24-11-21-9-8-10-26(12-21)41-18-20(4)33-28(36)22-13-23(29(37)34-24)15-25(14-22)35(5)42(6,39)40;1-6-26(29(37)32-17-19(2)3)31-18-23-12-20-8-7-9-25(13-20)40-11-10-30-27(35)21-14-22(28(36)33-23)16-24(15-21)34(4)41(5,38)39;1-25(32(2,29)30)19-12-16-11-17(13-19)22(28)24-18(14-26)9-15-5-3-6-20(10-15)31-8-4-7-23-21(16)27;1-24(31(2,28)29)18-11-15-10-16(12-18)21(27)23-17(13-25)8-14-4-3-5-19(9-14)30-7-6-22-20(15)26/h8-10,12-15,19-20,24,27,31H,7,11,16-18H2,1-6H3,(H,32,38)(H,33,36)(H,34,37);7-9,13-16,19,23,26,31H,6,10-12,17-18H2,1-5H3,(H,30,35)(H,32,37)(H,33,36);3,5-6,10-13,18,26H,4,7-9,14H2,1-2H3,(H,23,27)(H,24,28);3-5,9-12,17,25H,6-8,13H2,1-2H3,(H,22,26)(H,23,27)/t20-,24?,27-;23?,26-;;/m00../s1. The molecule has 7 atom stereocenters. The molecule has 0 aliphatic carbocycles. The van der Waals surface area contributed by atoms with Gasteiger partial charge in [-0.2, -0.15) is 0 Å². The minimum absolute atomic E-state index is 0.104. The molecule has 4 aliphatic heterocycles. The number of carbonyl (C=O) groups is 10. The van der Waals surface area contributed by atoms with Crippen LogP contribution in [0.5, 0.6) is 23.0 Å². The van der Waals surface area contributed by atoms with Crippen LogP contribution in [0.15, 0.2) is 170 Å². The van der Waals surface area contributed by atoms with Gasteiger partial charge >= 0.3 is 0 Å². The van der Waals surface area contributed by atoms with Crippen LogP contribution in [0.3, 0.4) is 0 Å². The highest BCUT2D eigenvalue weighted by Crippen LogP contribution is 2.29. The Balaban J connectivity index is 0.000000218. The van der Waals surface area contributed by atoms with Gasteiger partial charge in [0, 0.05) is 118 Å². The molecule has 4 heterocycles. The van der Waals surface area contributed by atoms with Crippen molar-refractivity contribution in [3.8, 4) is 23.0 Å². The number of aliphatic hydroxyl groups excluding tert-OH is 2. The molecule has 16 bridgehead atoms. The van der Waals surface area contributed by atoms with Gasteiger partial charge in [0.05, 0.1) is 111 Å². The fourth-order valence-corrected chi connectivity index (χ4v) is 17.1. The second-order valence-electron chi connectivity index (χ2n) is 36.8. The number of rotatable bonds is 24. The van der Waals surface area contributed by atoms with E-state index < -0.39 is 124 Å². The van der Waals surface area contributed by atoms with Crippen molar-refractivity contribution in [1.82, 2.24) is 63.8 Å². The second-order valence-corrected chi connectivity index (χ2v) is 44.9. The van der Waals surface area contributed by atoms with E-state index >= 15 is 0 Å². The Morgan fingerprint density at radius 3 is 0.904 bits per heavy atom. The molecule has 8 aromatic rings. The highest BCUT2D eigenvalue weighted by atomic mass is 32.2. The van der Waals surface area contributed by atoms with E-state index in [2.05, 4.69) is 63.8 Å². The lowest BCUT2D eigenvalue weighted by molar-refractivity contribution is -0.124. The van der Waals surface area contributed by atoms with Gasteiger partial charge in [-0.3, -0.25) is 65.2 Å². The fourth-order valence-electron chi connectivity index (χ4n) is 15.2. The maximum absolute atomic E-state index is 13.6. The monoisotopic (exact) mass is 2100 g/mol. The zero-order chi connectivity index (χ0) is 107. The molecule has 0 spiro atoms. The SMILES string of the molecule is CC[C@H](NCC1Cc2cccc(c2)OCCNC(=O)c2cc(cc(N(C)S(C)(=O)=O)c2)C(=O)N1)C(=O)NCC(C)C.CC[C@H](NCC1Cc2cccc(c2)OC[C@H](C)NC(=O)c2cc(cc(N(C)S(C)(=O)=O)c2)C(=O)N1)C(=O)NCC(C)C.CN(c1cc2cc(c1)C(=O)NC(CO)Cc1cccc(c1)OCCCNC2=O)S(C)(=O)=O.CN(c1cc2cc(c1)C(=O)NC(CO)Cc1cccc(c1)OCCNC2=O)S(C)(=O)=O. The Morgan fingerprint density at radius 2 is 0.623 bits per heavy atom. The van der Waals surface area contributed by atoms with Gasteiger partial charge in [0.25, 0.3) is 47.3 Å². The molecule has 792 valence electrons. The molecular weight excluding hydrogens is 1960 g/mol. The van der Waals surface area contributed by atoms with Crippen molar-refractivity contribution in [1.29, 1.82) is 0 Å². The number of ether oxygens (including phenoxy) is 4. The normalized spacial score (nSPS) is 17.7. The first-order valence-corrected chi connectivity index (χ1v) is 55.2. The van der Waals surface area contributed by atoms with E-state index in [1.165, 1.54) is 101 Å². The molecule has 146 heavy (non-hydrogen) atoms. The highest BCUT2D eigenvalue weighted by molar-refractivity contribution is 7.92. The van der Waals surface area contributed by atoms with Gasteiger partial charge in [-0.25, -0.2) is 33.7 Å². The number of fused-ring (bicyclic) bond motifs is 16. The molecule has 10 amide bonds. The largest absolute Gasteiger partial charge is 0.494 e. The summed E-state index contributed by atoms with van der Waals surface area (Å²) in [6, 6.07) is 43.4. The van der Waals surface area contributed by atoms with Crippen LogP contribution in [-0.2, 0) is 75.4 Å². The molecule has 0 radical (unpaired) electrons. The predicted octanol–water partition coefficient (Wildman–Crippen LogP) is 5.23. The molecule has 12 rings (SSSR count). The Bertz CT molecular complexity index is 6440. The van der Waals surface area contributed by atoms with Gasteiger partial charge in [0.2, 0.25) is 51.9 Å². The zero-order valence-corrected chi connectivity index (χ0v) is 88.1. The van der Waals surface area contributed by atoms with Crippen LogP contribution in [0.4, 0.5) is 22.7 Å². The molecular formula is C102H136N16O24S4. The summed E-state index contributed by atoms with van der Waals surface area (Å²) in [7, 11) is -9.13. The van der Waals surface area contributed by atoms with E-state index in [4.69, 9.17) is 18.9 Å². The summed E-state index contributed by atoms with van der Waals surface area (Å²) in [5.41, 5.74) is 5.34. The van der Waals surface area contributed by atoms with Crippen LogP contribution >= 0.6 is 0 Å². The molecule has 40 nitrogen and oxygen atoms in total. The van der Waals surface area contributed by atoms with Crippen LogP contribution in [0.25, 0.3) is 0 Å². The topological polar surface area (TPSA) is 542 Å². The van der Waals surface area contributed by atoms with E-state index in [-0.39, 0.29) is 138 Å². The second kappa shape index (κ2) is 54.1. The maximum Gasteiger partial charge on any atom is 0.251 e.